The van der Waals surface area contributed by atoms with E-state index in [-0.39, 0.29) is 12.8 Å². The van der Waals surface area contributed by atoms with Crippen LogP contribution in [0.3, 0.4) is 0 Å². The van der Waals surface area contributed by atoms with Gasteiger partial charge in [0.05, 0.1) is 18.5 Å². The van der Waals surface area contributed by atoms with E-state index < -0.39 is 0 Å². The van der Waals surface area contributed by atoms with E-state index in [1.165, 1.54) is 5.56 Å². The number of likely N-dealkylation sites (tertiary alicyclic amines) is 1. The first-order valence-corrected chi connectivity index (χ1v) is 8.92. The molecule has 0 spiro atoms. The third-order valence-corrected chi connectivity index (χ3v) is 5.17. The average Bonchev–Trinajstić information content (AvgIpc) is 3.15. The number of hydrogen-bond donors (Lipinski definition) is 1. The lowest BCUT2D eigenvalue weighted by Crippen LogP contribution is -2.43. The molecule has 2 aromatic rings. The molecule has 2 saturated heterocycles. The van der Waals surface area contributed by atoms with Crippen LogP contribution in [0.2, 0.25) is 0 Å². The Labute approximate surface area is 147 Å². The third kappa shape index (κ3) is 3.09. The topological polar surface area (TPSA) is 62.6 Å². The number of fused-ring (bicyclic) bond motifs is 1. The van der Waals surface area contributed by atoms with Crippen molar-refractivity contribution in [2.75, 3.05) is 44.9 Å². The fourth-order valence-corrected chi connectivity index (χ4v) is 3.80. The van der Waals surface area contributed by atoms with Gasteiger partial charge < -0.3 is 19.5 Å². The first-order valence-electron chi connectivity index (χ1n) is 8.92. The number of carbonyl (C=O) groups excluding carboxylic acids is 1. The number of hydrogen-bond acceptors (Lipinski definition) is 4. The molecule has 4 rings (SSSR count). The molecule has 1 atom stereocenters. The smallest absolute Gasteiger partial charge is 0.323 e. The lowest BCUT2D eigenvalue weighted by Gasteiger charge is -2.25. The zero-order valence-electron chi connectivity index (χ0n) is 14.9. The molecule has 2 aliphatic rings. The molecule has 7 heteroatoms. The van der Waals surface area contributed by atoms with Crippen LogP contribution < -0.4 is 10.2 Å². The lowest BCUT2D eigenvalue weighted by atomic mass is 10.2. The highest BCUT2D eigenvalue weighted by atomic mass is 16.5. The molecule has 0 saturated carbocycles. The number of aromatic nitrogens is 2. The number of carbonyl (C=O) groups is 1. The second-order valence-electron chi connectivity index (χ2n) is 7.03. The predicted molar refractivity (Wildman–Crippen MR) is 96.9 cm³/mol. The number of ether oxygens (including phenoxy) is 1. The van der Waals surface area contributed by atoms with E-state index in [1.54, 1.807) is 4.90 Å². The summed E-state index contributed by atoms with van der Waals surface area (Å²) < 4.78 is 7.61. The molecule has 0 unspecified atom stereocenters. The third-order valence-electron chi connectivity index (χ3n) is 5.17. The zero-order chi connectivity index (χ0) is 17.4. The number of pyridine rings is 1. The summed E-state index contributed by atoms with van der Waals surface area (Å²) in [5, 5.41) is 3.90. The van der Waals surface area contributed by atoms with Crippen LogP contribution in [-0.4, -0.2) is 60.5 Å². The first-order chi connectivity index (χ1) is 12.1. The second kappa shape index (κ2) is 6.65. The van der Waals surface area contributed by atoms with Crippen molar-refractivity contribution in [3.8, 4) is 0 Å². The van der Waals surface area contributed by atoms with Crippen LogP contribution in [-0.2, 0) is 4.74 Å². The highest BCUT2D eigenvalue weighted by Gasteiger charge is 2.24. The summed E-state index contributed by atoms with van der Waals surface area (Å²) in [5.41, 5.74) is 3.06. The van der Waals surface area contributed by atoms with Gasteiger partial charge in [0, 0.05) is 30.7 Å². The number of aryl methyl sites for hydroxylation is 1. The van der Waals surface area contributed by atoms with Gasteiger partial charge in [-0.15, -0.1) is 0 Å². The van der Waals surface area contributed by atoms with Crippen LogP contribution in [0.15, 0.2) is 18.5 Å². The van der Waals surface area contributed by atoms with Gasteiger partial charge in [-0.3, -0.25) is 4.90 Å². The summed E-state index contributed by atoms with van der Waals surface area (Å²) in [6.45, 7) is 5.84. The summed E-state index contributed by atoms with van der Waals surface area (Å²) in [5.74, 6) is 0. The Hall–Kier alpha value is -2.12. The molecular formula is C18H25N5O2. The SMILES string of the molecule is Cc1cn([C@H]2CCN(C)C2)c2ncc(N3CCCOCNC3=O)cc12. The molecule has 0 aromatic carbocycles. The number of anilines is 1. The summed E-state index contributed by atoms with van der Waals surface area (Å²) in [6.07, 6.45) is 5.99. The summed E-state index contributed by atoms with van der Waals surface area (Å²) >= 11 is 0. The molecule has 7 nitrogen and oxygen atoms in total. The van der Waals surface area contributed by atoms with Crippen LogP contribution in [0, 0.1) is 6.92 Å². The minimum atomic E-state index is -0.129. The molecule has 2 amide bonds. The van der Waals surface area contributed by atoms with Crippen molar-refractivity contribution in [2.45, 2.75) is 25.8 Å². The number of likely N-dealkylation sites (N-methyl/N-ethyl adjacent to an activating group) is 1. The van der Waals surface area contributed by atoms with E-state index in [2.05, 4.69) is 41.0 Å². The van der Waals surface area contributed by atoms with E-state index >= 15 is 0 Å². The average molecular weight is 343 g/mol. The highest BCUT2D eigenvalue weighted by Crippen LogP contribution is 2.30. The maximum Gasteiger partial charge on any atom is 0.323 e. The standard InChI is InChI=1S/C18H25N5O2/c1-13-10-23(14-4-6-21(2)11-14)17-16(13)8-15(9-19-17)22-5-3-7-25-12-20-18(22)24/h8-10,14H,3-7,11-12H2,1-2H3,(H,20,24)/t14-/m0/s1. The number of rotatable bonds is 2. The number of nitrogens with one attached hydrogen (secondary N) is 1. The van der Waals surface area contributed by atoms with Gasteiger partial charge >= 0.3 is 6.03 Å². The van der Waals surface area contributed by atoms with Gasteiger partial charge in [-0.25, -0.2) is 9.78 Å². The minimum Gasteiger partial charge on any atom is -0.361 e. The number of urea groups is 1. The maximum atomic E-state index is 12.3. The van der Waals surface area contributed by atoms with Crippen molar-refractivity contribution >= 4 is 22.8 Å². The Morgan fingerprint density at radius 3 is 3.04 bits per heavy atom. The summed E-state index contributed by atoms with van der Waals surface area (Å²) in [4.78, 5) is 21.2. The molecule has 0 radical (unpaired) electrons. The molecule has 2 aliphatic heterocycles. The molecule has 4 heterocycles. The Kier molecular flexibility index (Phi) is 4.35. The van der Waals surface area contributed by atoms with Crippen molar-refractivity contribution in [2.24, 2.45) is 0 Å². The largest absolute Gasteiger partial charge is 0.361 e. The Morgan fingerprint density at radius 2 is 2.24 bits per heavy atom. The van der Waals surface area contributed by atoms with Crippen LogP contribution in [0.25, 0.3) is 11.0 Å². The van der Waals surface area contributed by atoms with Crippen molar-refractivity contribution < 1.29 is 9.53 Å². The number of amides is 2. The maximum absolute atomic E-state index is 12.3. The fraction of sp³-hybridized carbons (Fsp3) is 0.556. The normalized spacial score (nSPS) is 22.9. The van der Waals surface area contributed by atoms with Gasteiger partial charge in [-0.1, -0.05) is 0 Å². The Bertz CT molecular complexity index is 787. The van der Waals surface area contributed by atoms with Crippen molar-refractivity contribution in [1.82, 2.24) is 19.8 Å². The van der Waals surface area contributed by atoms with E-state index in [0.717, 1.165) is 42.7 Å². The Balaban J connectivity index is 1.68. The fourth-order valence-electron chi connectivity index (χ4n) is 3.80. The van der Waals surface area contributed by atoms with Gasteiger partial charge in [0.2, 0.25) is 0 Å². The second-order valence-corrected chi connectivity index (χ2v) is 7.03. The number of nitrogens with zero attached hydrogens (tertiary/aromatic N) is 4. The van der Waals surface area contributed by atoms with Crippen molar-refractivity contribution in [3.05, 3.63) is 24.0 Å². The molecular weight excluding hydrogens is 318 g/mol. The molecule has 134 valence electrons. The molecule has 25 heavy (non-hydrogen) atoms. The van der Waals surface area contributed by atoms with Crippen molar-refractivity contribution in [1.29, 1.82) is 0 Å². The summed E-state index contributed by atoms with van der Waals surface area (Å²) in [6, 6.07) is 2.44. The van der Waals surface area contributed by atoms with E-state index in [9.17, 15) is 4.79 Å². The molecule has 2 aromatic heterocycles. The molecule has 1 N–H and O–H groups in total. The van der Waals surface area contributed by atoms with Crippen LogP contribution in [0.5, 0.6) is 0 Å². The Morgan fingerprint density at radius 1 is 1.36 bits per heavy atom. The van der Waals surface area contributed by atoms with Crippen LogP contribution >= 0.6 is 0 Å². The van der Waals surface area contributed by atoms with E-state index in [4.69, 9.17) is 9.72 Å². The van der Waals surface area contributed by atoms with Gasteiger partial charge in [0.15, 0.2) is 0 Å². The van der Waals surface area contributed by atoms with Crippen molar-refractivity contribution in [3.63, 3.8) is 0 Å². The van der Waals surface area contributed by atoms with Gasteiger partial charge in [-0.05, 0) is 45.0 Å². The molecule has 0 bridgehead atoms. The monoisotopic (exact) mass is 343 g/mol. The summed E-state index contributed by atoms with van der Waals surface area (Å²) in [7, 11) is 2.16. The minimum absolute atomic E-state index is 0.129. The van der Waals surface area contributed by atoms with Crippen LogP contribution in [0.1, 0.15) is 24.4 Å². The first kappa shape index (κ1) is 16.4. The van der Waals surface area contributed by atoms with Gasteiger partial charge in [0.25, 0.3) is 0 Å². The van der Waals surface area contributed by atoms with Crippen LogP contribution in [0.4, 0.5) is 10.5 Å². The van der Waals surface area contributed by atoms with E-state index in [0.29, 0.717) is 19.2 Å². The van der Waals surface area contributed by atoms with E-state index in [1.807, 2.05) is 6.20 Å². The predicted octanol–water partition coefficient (Wildman–Crippen LogP) is 2.12. The van der Waals surface area contributed by atoms with Gasteiger partial charge in [0.1, 0.15) is 12.4 Å². The molecule has 2 fully saturated rings. The quantitative estimate of drug-likeness (QED) is 0.907. The molecule has 0 aliphatic carbocycles. The highest BCUT2D eigenvalue weighted by molar-refractivity contribution is 5.94. The lowest BCUT2D eigenvalue weighted by molar-refractivity contribution is 0.114. The zero-order valence-corrected chi connectivity index (χ0v) is 14.9. The van der Waals surface area contributed by atoms with Gasteiger partial charge in [-0.2, -0.15) is 0 Å².